The molecule has 0 aliphatic carbocycles. The summed E-state index contributed by atoms with van der Waals surface area (Å²) in [6, 6.07) is 10.1. The second kappa shape index (κ2) is 9.22. The molecule has 1 saturated heterocycles. The summed E-state index contributed by atoms with van der Waals surface area (Å²) in [4.78, 5) is 11.5. The molecule has 3 heterocycles. The molecule has 0 saturated carbocycles. The molecule has 6 nitrogen and oxygen atoms in total. The van der Waals surface area contributed by atoms with E-state index in [1.165, 1.54) is 12.8 Å². The molecule has 1 aliphatic rings. The molecule has 2 N–H and O–H groups in total. The van der Waals surface area contributed by atoms with Crippen LogP contribution >= 0.6 is 0 Å². The van der Waals surface area contributed by atoms with E-state index in [-0.39, 0.29) is 6.04 Å². The van der Waals surface area contributed by atoms with Crippen molar-refractivity contribution in [3.63, 3.8) is 0 Å². The molecule has 0 aromatic carbocycles. The van der Waals surface area contributed by atoms with Crippen LogP contribution in [-0.2, 0) is 6.54 Å². The largest absolute Gasteiger partial charge is 0.468 e. The first kappa shape index (κ1) is 17.5. The van der Waals surface area contributed by atoms with Gasteiger partial charge in [-0.2, -0.15) is 0 Å². The molecule has 6 heteroatoms. The third kappa shape index (κ3) is 5.06. The van der Waals surface area contributed by atoms with Crippen molar-refractivity contribution in [1.29, 1.82) is 0 Å². The molecule has 2 aromatic heterocycles. The van der Waals surface area contributed by atoms with E-state index < -0.39 is 0 Å². The third-order valence-electron chi connectivity index (χ3n) is 4.39. The van der Waals surface area contributed by atoms with Crippen LogP contribution in [-0.4, -0.2) is 42.0 Å². The topological polar surface area (TPSA) is 65.7 Å². The molecule has 0 radical (unpaired) electrons. The molecule has 0 bridgehead atoms. The van der Waals surface area contributed by atoms with Gasteiger partial charge in [-0.1, -0.05) is 6.07 Å². The van der Waals surface area contributed by atoms with Gasteiger partial charge in [-0.05, 0) is 57.1 Å². The van der Waals surface area contributed by atoms with Gasteiger partial charge >= 0.3 is 0 Å². The highest BCUT2D eigenvalue weighted by Crippen LogP contribution is 2.24. The van der Waals surface area contributed by atoms with Crippen LogP contribution in [0.2, 0.25) is 0 Å². The number of pyridine rings is 1. The standard InChI is InChI=1S/C19H27N5O/c1-2-20-19(22-14-16-8-3-4-10-21-16)23-15-17(18-9-7-13-25-18)24-11-5-6-12-24/h3-4,7-10,13,17H,2,5-6,11-12,14-15H2,1H3,(H2,20,22,23). The Morgan fingerprint density at radius 2 is 2.12 bits per heavy atom. The van der Waals surface area contributed by atoms with Crippen molar-refractivity contribution in [3.05, 3.63) is 54.2 Å². The summed E-state index contributed by atoms with van der Waals surface area (Å²) < 4.78 is 5.68. The number of guanidine groups is 1. The van der Waals surface area contributed by atoms with Gasteiger partial charge in [0.1, 0.15) is 5.76 Å². The Balaban J connectivity index is 1.63. The Hall–Kier alpha value is -2.34. The summed E-state index contributed by atoms with van der Waals surface area (Å²) >= 11 is 0. The average molecular weight is 341 g/mol. The van der Waals surface area contributed by atoms with Gasteiger partial charge in [0, 0.05) is 19.3 Å². The molecule has 0 spiro atoms. The number of aromatic nitrogens is 1. The van der Waals surface area contributed by atoms with Gasteiger partial charge in [-0.25, -0.2) is 4.99 Å². The quantitative estimate of drug-likeness (QED) is 0.598. The maximum atomic E-state index is 5.68. The predicted molar refractivity (Wildman–Crippen MR) is 99.3 cm³/mol. The minimum Gasteiger partial charge on any atom is -0.468 e. The van der Waals surface area contributed by atoms with Crippen LogP contribution in [0.5, 0.6) is 0 Å². The van der Waals surface area contributed by atoms with Gasteiger partial charge < -0.3 is 15.1 Å². The second-order valence-electron chi connectivity index (χ2n) is 6.17. The highest BCUT2D eigenvalue weighted by Gasteiger charge is 2.25. The lowest BCUT2D eigenvalue weighted by Gasteiger charge is -2.26. The SMILES string of the molecule is CCNC(=NCc1ccccn1)NCC(c1ccco1)N1CCCC1. The first-order chi connectivity index (χ1) is 12.4. The minimum absolute atomic E-state index is 0.233. The van der Waals surface area contributed by atoms with Gasteiger partial charge in [-0.15, -0.1) is 0 Å². The van der Waals surface area contributed by atoms with E-state index in [0.29, 0.717) is 6.54 Å². The van der Waals surface area contributed by atoms with Crippen LogP contribution in [0, 0.1) is 0 Å². The van der Waals surface area contributed by atoms with Crippen molar-refractivity contribution < 1.29 is 4.42 Å². The summed E-state index contributed by atoms with van der Waals surface area (Å²) in [6.07, 6.45) is 6.06. The van der Waals surface area contributed by atoms with Crippen LogP contribution in [0.4, 0.5) is 0 Å². The summed E-state index contributed by atoms with van der Waals surface area (Å²) in [5, 5.41) is 6.77. The van der Waals surface area contributed by atoms with Crippen molar-refractivity contribution in [2.24, 2.45) is 4.99 Å². The lowest BCUT2D eigenvalue weighted by molar-refractivity contribution is 0.215. The Kier molecular flexibility index (Phi) is 6.45. The smallest absolute Gasteiger partial charge is 0.191 e. The monoisotopic (exact) mass is 341 g/mol. The van der Waals surface area contributed by atoms with Crippen LogP contribution in [0.15, 0.2) is 52.2 Å². The number of hydrogen-bond donors (Lipinski definition) is 2. The highest BCUT2D eigenvalue weighted by atomic mass is 16.3. The van der Waals surface area contributed by atoms with Crippen molar-refractivity contribution >= 4 is 5.96 Å². The number of nitrogens with zero attached hydrogens (tertiary/aromatic N) is 3. The van der Waals surface area contributed by atoms with Crippen LogP contribution in [0.3, 0.4) is 0 Å². The zero-order valence-electron chi connectivity index (χ0n) is 14.8. The van der Waals surface area contributed by atoms with Crippen LogP contribution in [0.25, 0.3) is 0 Å². The molecular weight excluding hydrogens is 314 g/mol. The molecule has 1 fully saturated rings. The zero-order valence-corrected chi connectivity index (χ0v) is 14.8. The van der Waals surface area contributed by atoms with Crippen molar-refractivity contribution in [3.8, 4) is 0 Å². The Labute approximate surface area is 149 Å². The lowest BCUT2D eigenvalue weighted by Crippen LogP contribution is -2.42. The number of rotatable bonds is 7. The average Bonchev–Trinajstić information content (AvgIpc) is 3.35. The molecule has 1 atom stereocenters. The fraction of sp³-hybridized carbons (Fsp3) is 0.474. The fourth-order valence-electron chi connectivity index (χ4n) is 3.13. The van der Waals surface area contributed by atoms with E-state index in [9.17, 15) is 0 Å². The fourth-order valence-corrected chi connectivity index (χ4v) is 3.13. The first-order valence-corrected chi connectivity index (χ1v) is 9.06. The number of furan rings is 1. The molecular formula is C19H27N5O. The summed E-state index contributed by atoms with van der Waals surface area (Å²) in [7, 11) is 0. The molecule has 25 heavy (non-hydrogen) atoms. The third-order valence-corrected chi connectivity index (χ3v) is 4.39. The zero-order chi connectivity index (χ0) is 17.3. The second-order valence-corrected chi connectivity index (χ2v) is 6.17. The van der Waals surface area contributed by atoms with E-state index in [0.717, 1.165) is 43.6 Å². The lowest BCUT2D eigenvalue weighted by atomic mass is 10.2. The Bertz CT molecular complexity index is 635. The van der Waals surface area contributed by atoms with Gasteiger partial charge in [0.15, 0.2) is 5.96 Å². The van der Waals surface area contributed by atoms with Crippen molar-refractivity contribution in [2.45, 2.75) is 32.4 Å². The molecule has 1 unspecified atom stereocenters. The van der Waals surface area contributed by atoms with Crippen LogP contribution < -0.4 is 10.6 Å². The number of hydrogen-bond acceptors (Lipinski definition) is 4. The van der Waals surface area contributed by atoms with Crippen LogP contribution in [0.1, 0.15) is 37.3 Å². The maximum absolute atomic E-state index is 5.68. The Morgan fingerprint density at radius 1 is 1.24 bits per heavy atom. The van der Waals surface area contributed by atoms with E-state index in [1.54, 1.807) is 12.5 Å². The van der Waals surface area contributed by atoms with E-state index in [2.05, 4.69) is 38.5 Å². The molecule has 2 aromatic rings. The molecule has 3 rings (SSSR count). The molecule has 134 valence electrons. The van der Waals surface area contributed by atoms with E-state index in [4.69, 9.17) is 4.42 Å². The number of likely N-dealkylation sites (tertiary alicyclic amines) is 1. The van der Waals surface area contributed by atoms with Gasteiger partial charge in [0.05, 0.1) is 24.5 Å². The van der Waals surface area contributed by atoms with Gasteiger partial charge in [-0.3, -0.25) is 9.88 Å². The predicted octanol–water partition coefficient (Wildman–Crippen LogP) is 2.57. The number of nitrogens with one attached hydrogen (secondary N) is 2. The van der Waals surface area contributed by atoms with Crippen molar-refractivity contribution in [2.75, 3.05) is 26.2 Å². The minimum atomic E-state index is 0.233. The highest BCUT2D eigenvalue weighted by molar-refractivity contribution is 5.79. The molecule has 1 aliphatic heterocycles. The van der Waals surface area contributed by atoms with E-state index >= 15 is 0 Å². The summed E-state index contributed by atoms with van der Waals surface area (Å²) in [6.45, 7) is 6.46. The first-order valence-electron chi connectivity index (χ1n) is 9.06. The normalized spacial score (nSPS) is 16.8. The Morgan fingerprint density at radius 3 is 2.80 bits per heavy atom. The van der Waals surface area contributed by atoms with Crippen molar-refractivity contribution in [1.82, 2.24) is 20.5 Å². The van der Waals surface area contributed by atoms with E-state index in [1.807, 2.05) is 24.3 Å². The summed E-state index contributed by atoms with van der Waals surface area (Å²) in [5.74, 6) is 1.82. The molecule has 0 amide bonds. The maximum Gasteiger partial charge on any atom is 0.191 e. The summed E-state index contributed by atoms with van der Waals surface area (Å²) in [5.41, 5.74) is 0.960. The van der Waals surface area contributed by atoms with Gasteiger partial charge in [0.25, 0.3) is 0 Å². The number of aliphatic imine (C=N–C) groups is 1. The van der Waals surface area contributed by atoms with Gasteiger partial charge in [0.2, 0.25) is 0 Å².